The molecule has 0 unspecified atom stereocenters. The second-order valence-electron chi connectivity index (χ2n) is 5.02. The summed E-state index contributed by atoms with van der Waals surface area (Å²) in [4.78, 5) is 14.3. The molecule has 0 aliphatic carbocycles. The van der Waals surface area contributed by atoms with Crippen molar-refractivity contribution < 1.29 is 9.53 Å². The Morgan fingerprint density at radius 3 is 2.47 bits per heavy atom. The van der Waals surface area contributed by atoms with Crippen LogP contribution < -0.4 is 0 Å². The van der Waals surface area contributed by atoms with Gasteiger partial charge in [0.15, 0.2) is 5.78 Å². The standard InChI is InChI=1S/C16H25NO2/c1-14(2)17(12-13-19-3)11-7-10-16(18)15-8-5-4-6-9-15/h4-6,8-9,14H,7,10-13H2,1-3H3. The molecule has 0 spiro atoms. The van der Waals surface area contributed by atoms with Crippen LogP contribution in [0.15, 0.2) is 30.3 Å². The van der Waals surface area contributed by atoms with Crippen molar-refractivity contribution in [3.8, 4) is 0 Å². The van der Waals surface area contributed by atoms with E-state index < -0.39 is 0 Å². The fourth-order valence-corrected chi connectivity index (χ4v) is 2.05. The van der Waals surface area contributed by atoms with E-state index in [0.717, 1.165) is 31.7 Å². The Bertz CT molecular complexity index is 362. The number of hydrogen-bond donors (Lipinski definition) is 0. The van der Waals surface area contributed by atoms with Gasteiger partial charge < -0.3 is 4.74 Å². The topological polar surface area (TPSA) is 29.5 Å². The van der Waals surface area contributed by atoms with Crippen LogP contribution in [-0.4, -0.2) is 43.5 Å². The number of ketones is 1. The molecule has 1 aromatic rings. The van der Waals surface area contributed by atoms with E-state index in [1.54, 1.807) is 7.11 Å². The number of benzene rings is 1. The summed E-state index contributed by atoms with van der Waals surface area (Å²) >= 11 is 0. The van der Waals surface area contributed by atoms with Gasteiger partial charge in [0.05, 0.1) is 6.61 Å². The van der Waals surface area contributed by atoms with Gasteiger partial charge in [-0.15, -0.1) is 0 Å². The molecule has 0 aliphatic rings. The van der Waals surface area contributed by atoms with Crippen LogP contribution in [0.5, 0.6) is 0 Å². The van der Waals surface area contributed by atoms with Gasteiger partial charge in [-0.2, -0.15) is 0 Å². The second-order valence-corrected chi connectivity index (χ2v) is 5.02. The lowest BCUT2D eigenvalue weighted by atomic mass is 10.1. The van der Waals surface area contributed by atoms with Gasteiger partial charge in [-0.25, -0.2) is 0 Å². The average molecular weight is 263 g/mol. The number of Topliss-reactive ketones (excluding diaryl/α,β-unsaturated/α-hetero) is 1. The van der Waals surface area contributed by atoms with Crippen molar-refractivity contribution >= 4 is 5.78 Å². The summed E-state index contributed by atoms with van der Waals surface area (Å²) in [5.41, 5.74) is 0.815. The van der Waals surface area contributed by atoms with E-state index in [1.165, 1.54) is 0 Å². The van der Waals surface area contributed by atoms with Crippen LogP contribution in [0, 0.1) is 0 Å². The van der Waals surface area contributed by atoms with Crippen LogP contribution in [0.4, 0.5) is 0 Å². The van der Waals surface area contributed by atoms with E-state index in [0.29, 0.717) is 12.5 Å². The maximum absolute atomic E-state index is 12.0. The van der Waals surface area contributed by atoms with Crippen LogP contribution in [0.25, 0.3) is 0 Å². The van der Waals surface area contributed by atoms with Crippen molar-refractivity contribution in [3.05, 3.63) is 35.9 Å². The van der Waals surface area contributed by atoms with E-state index in [-0.39, 0.29) is 5.78 Å². The fraction of sp³-hybridized carbons (Fsp3) is 0.562. The summed E-state index contributed by atoms with van der Waals surface area (Å²) in [6.45, 7) is 6.96. The monoisotopic (exact) mass is 263 g/mol. The van der Waals surface area contributed by atoms with Crippen molar-refractivity contribution in [2.24, 2.45) is 0 Å². The molecule has 0 radical (unpaired) electrons. The van der Waals surface area contributed by atoms with Gasteiger partial charge >= 0.3 is 0 Å². The zero-order chi connectivity index (χ0) is 14.1. The van der Waals surface area contributed by atoms with Gasteiger partial charge in [0.2, 0.25) is 0 Å². The number of methoxy groups -OCH3 is 1. The second kappa shape index (κ2) is 8.83. The maximum Gasteiger partial charge on any atom is 0.162 e. The Hall–Kier alpha value is -1.19. The van der Waals surface area contributed by atoms with E-state index in [1.807, 2.05) is 30.3 Å². The molecule has 1 aromatic carbocycles. The smallest absolute Gasteiger partial charge is 0.162 e. The largest absolute Gasteiger partial charge is 0.383 e. The van der Waals surface area contributed by atoms with Crippen molar-refractivity contribution in [3.63, 3.8) is 0 Å². The highest BCUT2D eigenvalue weighted by Crippen LogP contribution is 2.07. The summed E-state index contributed by atoms with van der Waals surface area (Å²) in [5.74, 6) is 0.232. The lowest BCUT2D eigenvalue weighted by molar-refractivity contribution is 0.0961. The minimum Gasteiger partial charge on any atom is -0.383 e. The molecule has 19 heavy (non-hydrogen) atoms. The molecule has 0 heterocycles. The molecular weight excluding hydrogens is 238 g/mol. The highest BCUT2D eigenvalue weighted by molar-refractivity contribution is 5.95. The average Bonchev–Trinajstić information content (AvgIpc) is 2.43. The van der Waals surface area contributed by atoms with Gasteiger partial charge in [0, 0.05) is 31.7 Å². The summed E-state index contributed by atoms with van der Waals surface area (Å²) in [7, 11) is 1.72. The lowest BCUT2D eigenvalue weighted by Crippen LogP contribution is -2.34. The van der Waals surface area contributed by atoms with Gasteiger partial charge in [0.25, 0.3) is 0 Å². The molecular formula is C16H25NO2. The van der Waals surface area contributed by atoms with Crippen molar-refractivity contribution in [2.45, 2.75) is 32.7 Å². The van der Waals surface area contributed by atoms with Crippen molar-refractivity contribution in [1.82, 2.24) is 4.90 Å². The molecule has 0 saturated heterocycles. The molecule has 3 heteroatoms. The van der Waals surface area contributed by atoms with Crippen molar-refractivity contribution in [2.75, 3.05) is 26.8 Å². The quantitative estimate of drug-likeness (QED) is 0.641. The molecule has 3 nitrogen and oxygen atoms in total. The predicted molar refractivity (Wildman–Crippen MR) is 78.6 cm³/mol. The number of nitrogens with zero attached hydrogens (tertiary/aromatic N) is 1. The van der Waals surface area contributed by atoms with E-state index >= 15 is 0 Å². The fourth-order valence-electron chi connectivity index (χ4n) is 2.05. The lowest BCUT2D eigenvalue weighted by Gasteiger charge is -2.25. The first-order chi connectivity index (χ1) is 9.15. The highest BCUT2D eigenvalue weighted by Gasteiger charge is 2.10. The third-order valence-corrected chi connectivity index (χ3v) is 3.26. The van der Waals surface area contributed by atoms with Crippen LogP contribution in [0.2, 0.25) is 0 Å². The Kier molecular flexibility index (Phi) is 7.38. The third kappa shape index (κ3) is 5.99. The van der Waals surface area contributed by atoms with Crippen LogP contribution in [0.1, 0.15) is 37.0 Å². The van der Waals surface area contributed by atoms with Crippen LogP contribution >= 0.6 is 0 Å². The Balaban J connectivity index is 2.33. The number of rotatable bonds is 9. The summed E-state index contributed by atoms with van der Waals surface area (Å²) < 4.78 is 5.11. The van der Waals surface area contributed by atoms with Gasteiger partial charge in [-0.3, -0.25) is 9.69 Å². The molecule has 0 atom stereocenters. The molecule has 0 saturated carbocycles. The zero-order valence-electron chi connectivity index (χ0n) is 12.3. The molecule has 106 valence electrons. The number of hydrogen-bond acceptors (Lipinski definition) is 3. The molecule has 0 N–H and O–H groups in total. The molecule has 0 aromatic heterocycles. The number of carbonyl (C=O) groups is 1. The molecule has 0 aliphatic heterocycles. The van der Waals surface area contributed by atoms with Gasteiger partial charge in [0.1, 0.15) is 0 Å². The SMILES string of the molecule is COCCN(CCCC(=O)c1ccccc1)C(C)C. The third-order valence-electron chi connectivity index (χ3n) is 3.26. The summed E-state index contributed by atoms with van der Waals surface area (Å²) in [5, 5.41) is 0. The first-order valence-electron chi connectivity index (χ1n) is 6.96. The first kappa shape index (κ1) is 15.9. The van der Waals surface area contributed by atoms with Crippen molar-refractivity contribution in [1.29, 1.82) is 0 Å². The van der Waals surface area contributed by atoms with Crippen LogP contribution in [-0.2, 0) is 4.74 Å². The molecule has 0 fully saturated rings. The molecule has 0 amide bonds. The number of ether oxygens (including phenoxy) is 1. The minimum atomic E-state index is 0.232. The molecule has 0 bridgehead atoms. The Morgan fingerprint density at radius 1 is 1.21 bits per heavy atom. The maximum atomic E-state index is 12.0. The predicted octanol–water partition coefficient (Wildman–Crippen LogP) is 3.01. The Morgan fingerprint density at radius 2 is 1.89 bits per heavy atom. The summed E-state index contributed by atoms with van der Waals surface area (Å²) in [6.07, 6.45) is 1.51. The molecule has 1 rings (SSSR count). The normalized spacial score (nSPS) is 11.2. The van der Waals surface area contributed by atoms with E-state index in [9.17, 15) is 4.79 Å². The van der Waals surface area contributed by atoms with Crippen LogP contribution in [0.3, 0.4) is 0 Å². The zero-order valence-corrected chi connectivity index (χ0v) is 12.3. The first-order valence-corrected chi connectivity index (χ1v) is 6.96. The van der Waals surface area contributed by atoms with Gasteiger partial charge in [-0.1, -0.05) is 30.3 Å². The summed E-state index contributed by atoms with van der Waals surface area (Å²) in [6, 6.07) is 10.0. The number of carbonyl (C=O) groups excluding carboxylic acids is 1. The minimum absolute atomic E-state index is 0.232. The Labute approximate surface area is 116 Å². The van der Waals surface area contributed by atoms with E-state index in [4.69, 9.17) is 4.74 Å². The van der Waals surface area contributed by atoms with E-state index in [2.05, 4.69) is 18.7 Å². The van der Waals surface area contributed by atoms with Gasteiger partial charge in [-0.05, 0) is 26.8 Å². The highest BCUT2D eigenvalue weighted by atomic mass is 16.5.